The van der Waals surface area contributed by atoms with E-state index in [1.807, 2.05) is 13.0 Å². The average Bonchev–Trinajstić information content (AvgIpc) is 2.44. The Morgan fingerprint density at radius 3 is 2.57 bits per heavy atom. The summed E-state index contributed by atoms with van der Waals surface area (Å²) < 4.78 is 2.23. The van der Waals surface area contributed by atoms with E-state index in [0.717, 1.165) is 24.1 Å². The van der Waals surface area contributed by atoms with Gasteiger partial charge < -0.3 is 4.57 Å². The van der Waals surface area contributed by atoms with Gasteiger partial charge in [0.25, 0.3) is 0 Å². The predicted molar refractivity (Wildman–Crippen MR) is 58.7 cm³/mol. The lowest BCUT2D eigenvalue weighted by Gasteiger charge is -2.14. The van der Waals surface area contributed by atoms with Gasteiger partial charge in [-0.15, -0.1) is 0 Å². The number of hydrogen-bond acceptors (Lipinski definition) is 1. The molecule has 1 aromatic heterocycles. The van der Waals surface area contributed by atoms with E-state index < -0.39 is 0 Å². The van der Waals surface area contributed by atoms with Crippen molar-refractivity contribution in [2.24, 2.45) is 5.92 Å². The van der Waals surface area contributed by atoms with Crippen molar-refractivity contribution in [2.45, 2.75) is 40.7 Å². The summed E-state index contributed by atoms with van der Waals surface area (Å²) in [6.07, 6.45) is 2.11. The van der Waals surface area contributed by atoms with Gasteiger partial charge in [0.2, 0.25) is 0 Å². The molecule has 78 valence electrons. The maximum absolute atomic E-state index is 10.7. The molecule has 1 rings (SSSR count). The summed E-state index contributed by atoms with van der Waals surface area (Å²) in [5, 5.41) is 0. The van der Waals surface area contributed by atoms with Crippen molar-refractivity contribution < 1.29 is 4.79 Å². The van der Waals surface area contributed by atoms with Crippen LogP contribution in [0.25, 0.3) is 0 Å². The number of aromatic nitrogens is 1. The standard InChI is InChI=1S/C12H19NO/c1-5-9(2)7-13-10(3)6-12(8-14)11(13)4/h6,8-9H,5,7H2,1-4H3. The summed E-state index contributed by atoms with van der Waals surface area (Å²) in [5.74, 6) is 0.666. The van der Waals surface area contributed by atoms with E-state index in [-0.39, 0.29) is 0 Å². The minimum absolute atomic E-state index is 0.666. The smallest absolute Gasteiger partial charge is 0.151 e. The summed E-state index contributed by atoms with van der Waals surface area (Å²) in [5.41, 5.74) is 3.11. The van der Waals surface area contributed by atoms with Gasteiger partial charge in [-0.1, -0.05) is 20.3 Å². The lowest BCUT2D eigenvalue weighted by Crippen LogP contribution is -2.09. The first-order valence-corrected chi connectivity index (χ1v) is 5.22. The number of aldehydes is 1. The third-order valence-electron chi connectivity index (χ3n) is 2.93. The van der Waals surface area contributed by atoms with Crippen LogP contribution in [-0.2, 0) is 6.54 Å². The number of carbonyl (C=O) groups is 1. The van der Waals surface area contributed by atoms with Gasteiger partial charge in [-0.05, 0) is 25.8 Å². The zero-order chi connectivity index (χ0) is 10.7. The molecule has 0 aliphatic heterocycles. The summed E-state index contributed by atoms with van der Waals surface area (Å²) in [6.45, 7) is 9.52. The quantitative estimate of drug-likeness (QED) is 0.674. The van der Waals surface area contributed by atoms with Crippen LogP contribution in [0, 0.1) is 19.8 Å². The molecule has 0 fully saturated rings. The molecule has 1 heterocycles. The highest BCUT2D eigenvalue weighted by molar-refractivity contribution is 5.77. The van der Waals surface area contributed by atoms with Gasteiger partial charge in [-0.25, -0.2) is 0 Å². The van der Waals surface area contributed by atoms with Crippen molar-refractivity contribution in [3.63, 3.8) is 0 Å². The molecule has 1 aromatic rings. The van der Waals surface area contributed by atoms with Crippen molar-refractivity contribution in [2.75, 3.05) is 0 Å². The van der Waals surface area contributed by atoms with Gasteiger partial charge in [-0.2, -0.15) is 0 Å². The zero-order valence-electron chi connectivity index (χ0n) is 9.50. The third kappa shape index (κ3) is 2.06. The van der Waals surface area contributed by atoms with Crippen LogP contribution in [0.4, 0.5) is 0 Å². The molecule has 1 unspecified atom stereocenters. The molecule has 0 bridgehead atoms. The lowest BCUT2D eigenvalue weighted by molar-refractivity contribution is 0.112. The normalized spacial score (nSPS) is 12.9. The Morgan fingerprint density at radius 1 is 1.50 bits per heavy atom. The van der Waals surface area contributed by atoms with E-state index in [0.29, 0.717) is 5.92 Å². The molecule has 0 amide bonds. The molecule has 0 N–H and O–H groups in total. The number of nitrogens with zero attached hydrogens (tertiary/aromatic N) is 1. The van der Waals surface area contributed by atoms with E-state index in [9.17, 15) is 4.79 Å². The van der Waals surface area contributed by atoms with Gasteiger partial charge >= 0.3 is 0 Å². The first kappa shape index (κ1) is 11.0. The zero-order valence-corrected chi connectivity index (χ0v) is 9.50. The topological polar surface area (TPSA) is 22.0 Å². The summed E-state index contributed by atoms with van der Waals surface area (Å²) in [7, 11) is 0. The maximum atomic E-state index is 10.7. The maximum Gasteiger partial charge on any atom is 0.151 e. The van der Waals surface area contributed by atoms with E-state index in [1.165, 1.54) is 12.1 Å². The fourth-order valence-corrected chi connectivity index (χ4v) is 1.67. The van der Waals surface area contributed by atoms with E-state index in [2.05, 4.69) is 25.3 Å². The van der Waals surface area contributed by atoms with E-state index >= 15 is 0 Å². The van der Waals surface area contributed by atoms with E-state index in [4.69, 9.17) is 0 Å². The minimum Gasteiger partial charge on any atom is -0.348 e. The Labute approximate surface area is 85.9 Å². The molecule has 0 aromatic carbocycles. The molecule has 14 heavy (non-hydrogen) atoms. The lowest BCUT2D eigenvalue weighted by atomic mass is 10.1. The molecule has 0 aliphatic rings. The molecule has 0 spiro atoms. The first-order valence-electron chi connectivity index (χ1n) is 5.22. The van der Waals surface area contributed by atoms with Crippen molar-refractivity contribution in [1.29, 1.82) is 0 Å². The second kappa shape index (κ2) is 4.45. The second-order valence-corrected chi connectivity index (χ2v) is 4.07. The highest BCUT2D eigenvalue weighted by Gasteiger charge is 2.09. The van der Waals surface area contributed by atoms with Crippen LogP contribution in [0.1, 0.15) is 42.0 Å². The third-order valence-corrected chi connectivity index (χ3v) is 2.93. The Morgan fingerprint density at radius 2 is 2.14 bits per heavy atom. The molecule has 1 atom stereocenters. The fourth-order valence-electron chi connectivity index (χ4n) is 1.67. The molecular formula is C12H19NO. The Bertz CT molecular complexity index is 325. The second-order valence-electron chi connectivity index (χ2n) is 4.07. The molecule has 0 saturated heterocycles. The fraction of sp³-hybridized carbons (Fsp3) is 0.583. The molecule has 2 nitrogen and oxygen atoms in total. The highest BCUT2D eigenvalue weighted by Crippen LogP contribution is 2.16. The number of hydrogen-bond donors (Lipinski definition) is 0. The van der Waals surface area contributed by atoms with Gasteiger partial charge in [-0.3, -0.25) is 4.79 Å². The van der Waals surface area contributed by atoms with Crippen LogP contribution < -0.4 is 0 Å². The van der Waals surface area contributed by atoms with Gasteiger partial charge in [0.05, 0.1) is 0 Å². The van der Waals surface area contributed by atoms with Crippen LogP contribution in [0.2, 0.25) is 0 Å². The first-order chi connectivity index (χ1) is 6.60. The number of rotatable bonds is 4. The highest BCUT2D eigenvalue weighted by atomic mass is 16.1. The van der Waals surface area contributed by atoms with Crippen LogP contribution in [0.3, 0.4) is 0 Å². The van der Waals surface area contributed by atoms with Gasteiger partial charge in [0.15, 0.2) is 6.29 Å². The van der Waals surface area contributed by atoms with Gasteiger partial charge in [0.1, 0.15) is 0 Å². The van der Waals surface area contributed by atoms with Crippen LogP contribution >= 0.6 is 0 Å². The van der Waals surface area contributed by atoms with Crippen molar-refractivity contribution >= 4 is 6.29 Å². The summed E-state index contributed by atoms with van der Waals surface area (Å²) in [6, 6.07) is 1.96. The summed E-state index contributed by atoms with van der Waals surface area (Å²) in [4.78, 5) is 10.7. The molecular weight excluding hydrogens is 174 g/mol. The molecule has 0 aliphatic carbocycles. The van der Waals surface area contributed by atoms with E-state index in [1.54, 1.807) is 0 Å². The monoisotopic (exact) mass is 193 g/mol. The van der Waals surface area contributed by atoms with Crippen LogP contribution in [0.5, 0.6) is 0 Å². The minimum atomic E-state index is 0.666. The Kier molecular flexibility index (Phi) is 3.50. The Balaban J connectivity index is 2.96. The van der Waals surface area contributed by atoms with Gasteiger partial charge in [0, 0.05) is 23.5 Å². The van der Waals surface area contributed by atoms with Crippen molar-refractivity contribution in [1.82, 2.24) is 4.57 Å². The molecule has 0 saturated carbocycles. The Hall–Kier alpha value is -1.05. The van der Waals surface area contributed by atoms with Crippen LogP contribution in [0.15, 0.2) is 6.07 Å². The SMILES string of the molecule is CCC(C)Cn1c(C)cc(C=O)c1C. The van der Waals surface area contributed by atoms with Crippen molar-refractivity contribution in [3.05, 3.63) is 23.0 Å². The summed E-state index contributed by atoms with van der Waals surface area (Å²) >= 11 is 0. The number of carbonyl (C=O) groups excluding carboxylic acids is 1. The predicted octanol–water partition coefficient (Wildman–Crippen LogP) is 2.96. The van der Waals surface area contributed by atoms with Crippen molar-refractivity contribution in [3.8, 4) is 0 Å². The average molecular weight is 193 g/mol. The number of aryl methyl sites for hydroxylation is 1. The largest absolute Gasteiger partial charge is 0.348 e. The molecule has 2 heteroatoms. The molecule has 0 radical (unpaired) electrons. The van der Waals surface area contributed by atoms with Crippen LogP contribution in [-0.4, -0.2) is 10.9 Å².